The molecule has 96 valence electrons. The molecule has 0 spiro atoms. The monoisotopic (exact) mass is 237 g/mol. The summed E-state index contributed by atoms with van der Waals surface area (Å²) in [6.45, 7) is 2.87. The summed E-state index contributed by atoms with van der Waals surface area (Å²) in [5.74, 6) is 1.96. The van der Waals surface area contributed by atoms with Gasteiger partial charge in [-0.25, -0.2) is 0 Å². The molecule has 0 aliphatic rings. The van der Waals surface area contributed by atoms with Crippen molar-refractivity contribution >= 4 is 0 Å². The molecule has 0 aromatic heterocycles. The standard InChI is InChI=1S/C14H23NO2/c1-4-5-6-12(10-15)11-7-8-13(16-2)14(9-11)17-3/h7-9,12H,4-6,10,15H2,1-3H3/t12-/m1/s1. The summed E-state index contributed by atoms with van der Waals surface area (Å²) in [4.78, 5) is 0. The van der Waals surface area contributed by atoms with Crippen LogP contribution in [0.1, 0.15) is 37.7 Å². The molecular formula is C14H23NO2. The van der Waals surface area contributed by atoms with Crippen LogP contribution < -0.4 is 15.2 Å². The molecule has 0 amide bonds. The first kappa shape index (κ1) is 13.8. The Morgan fingerprint density at radius 2 is 1.88 bits per heavy atom. The molecule has 0 fully saturated rings. The van der Waals surface area contributed by atoms with Gasteiger partial charge in [-0.15, -0.1) is 0 Å². The van der Waals surface area contributed by atoms with Gasteiger partial charge in [0.25, 0.3) is 0 Å². The van der Waals surface area contributed by atoms with E-state index in [1.165, 1.54) is 18.4 Å². The Balaban J connectivity index is 2.88. The molecule has 3 nitrogen and oxygen atoms in total. The van der Waals surface area contributed by atoms with E-state index in [1.54, 1.807) is 14.2 Å². The number of ether oxygens (including phenoxy) is 2. The second-order valence-electron chi connectivity index (χ2n) is 4.19. The molecule has 0 aliphatic carbocycles. The first-order valence-corrected chi connectivity index (χ1v) is 6.18. The first-order valence-electron chi connectivity index (χ1n) is 6.18. The van der Waals surface area contributed by atoms with Gasteiger partial charge in [0.1, 0.15) is 0 Å². The van der Waals surface area contributed by atoms with Crippen LogP contribution in [0.15, 0.2) is 18.2 Å². The summed E-state index contributed by atoms with van der Waals surface area (Å²) in [6.07, 6.45) is 3.53. The molecule has 3 heteroatoms. The lowest BCUT2D eigenvalue weighted by molar-refractivity contribution is 0.354. The highest BCUT2D eigenvalue weighted by atomic mass is 16.5. The van der Waals surface area contributed by atoms with Crippen LogP contribution in [0.25, 0.3) is 0 Å². The Morgan fingerprint density at radius 1 is 1.18 bits per heavy atom. The normalized spacial score (nSPS) is 12.2. The van der Waals surface area contributed by atoms with Crippen molar-refractivity contribution in [2.75, 3.05) is 20.8 Å². The summed E-state index contributed by atoms with van der Waals surface area (Å²) in [6, 6.07) is 6.06. The van der Waals surface area contributed by atoms with Gasteiger partial charge in [0, 0.05) is 0 Å². The maximum absolute atomic E-state index is 5.84. The number of hydrogen-bond donors (Lipinski definition) is 1. The van der Waals surface area contributed by atoms with E-state index in [2.05, 4.69) is 13.0 Å². The molecule has 0 bridgehead atoms. The molecule has 1 atom stereocenters. The Kier molecular flexibility index (Phi) is 5.84. The van der Waals surface area contributed by atoms with E-state index >= 15 is 0 Å². The molecule has 1 aromatic carbocycles. The predicted molar refractivity (Wildman–Crippen MR) is 70.9 cm³/mol. The van der Waals surface area contributed by atoms with Gasteiger partial charge >= 0.3 is 0 Å². The smallest absolute Gasteiger partial charge is 0.160 e. The second kappa shape index (κ2) is 7.17. The van der Waals surface area contributed by atoms with E-state index in [9.17, 15) is 0 Å². The molecule has 0 radical (unpaired) electrons. The van der Waals surface area contributed by atoms with E-state index in [0.29, 0.717) is 12.5 Å². The van der Waals surface area contributed by atoms with Crippen molar-refractivity contribution in [1.29, 1.82) is 0 Å². The zero-order valence-corrected chi connectivity index (χ0v) is 11.0. The fourth-order valence-electron chi connectivity index (χ4n) is 1.98. The maximum Gasteiger partial charge on any atom is 0.160 e. The highest BCUT2D eigenvalue weighted by Gasteiger charge is 2.12. The quantitative estimate of drug-likeness (QED) is 0.793. The van der Waals surface area contributed by atoms with Crippen LogP contribution in [0.4, 0.5) is 0 Å². The van der Waals surface area contributed by atoms with Crippen LogP contribution in [-0.4, -0.2) is 20.8 Å². The second-order valence-corrected chi connectivity index (χ2v) is 4.19. The average Bonchev–Trinajstić information content (AvgIpc) is 2.39. The average molecular weight is 237 g/mol. The summed E-state index contributed by atoms with van der Waals surface area (Å²) in [7, 11) is 3.31. The van der Waals surface area contributed by atoms with Crippen molar-refractivity contribution in [1.82, 2.24) is 0 Å². The summed E-state index contributed by atoms with van der Waals surface area (Å²) < 4.78 is 10.5. The van der Waals surface area contributed by atoms with Crippen LogP contribution in [0.5, 0.6) is 11.5 Å². The lowest BCUT2D eigenvalue weighted by Crippen LogP contribution is -2.12. The van der Waals surface area contributed by atoms with E-state index in [4.69, 9.17) is 15.2 Å². The van der Waals surface area contributed by atoms with Crippen LogP contribution in [0.3, 0.4) is 0 Å². The zero-order valence-electron chi connectivity index (χ0n) is 11.0. The van der Waals surface area contributed by atoms with Gasteiger partial charge in [-0.3, -0.25) is 0 Å². The number of nitrogens with two attached hydrogens (primary N) is 1. The van der Waals surface area contributed by atoms with Crippen molar-refractivity contribution in [2.24, 2.45) is 5.73 Å². The minimum absolute atomic E-state index is 0.412. The number of benzene rings is 1. The Labute approximate surface area is 104 Å². The molecule has 0 heterocycles. The summed E-state index contributed by atoms with van der Waals surface area (Å²) in [5.41, 5.74) is 7.07. The van der Waals surface area contributed by atoms with Crippen molar-refractivity contribution < 1.29 is 9.47 Å². The minimum atomic E-state index is 0.412. The van der Waals surface area contributed by atoms with Crippen LogP contribution in [0, 0.1) is 0 Å². The molecule has 0 saturated heterocycles. The SMILES string of the molecule is CCCC[C@H](CN)c1ccc(OC)c(OC)c1. The van der Waals surface area contributed by atoms with Crippen molar-refractivity contribution in [3.63, 3.8) is 0 Å². The van der Waals surface area contributed by atoms with Crippen LogP contribution in [-0.2, 0) is 0 Å². The van der Waals surface area contributed by atoms with Crippen LogP contribution >= 0.6 is 0 Å². The van der Waals surface area contributed by atoms with Gasteiger partial charge in [-0.1, -0.05) is 25.8 Å². The third-order valence-corrected chi connectivity index (χ3v) is 3.07. The van der Waals surface area contributed by atoms with Crippen molar-refractivity contribution in [3.8, 4) is 11.5 Å². The maximum atomic E-state index is 5.84. The van der Waals surface area contributed by atoms with Gasteiger partial charge < -0.3 is 15.2 Å². The third kappa shape index (κ3) is 3.63. The predicted octanol–water partition coefficient (Wildman–Crippen LogP) is 2.94. The van der Waals surface area contributed by atoms with E-state index in [0.717, 1.165) is 17.9 Å². The number of rotatable bonds is 7. The van der Waals surface area contributed by atoms with E-state index in [-0.39, 0.29) is 0 Å². The number of hydrogen-bond acceptors (Lipinski definition) is 3. The molecule has 0 aliphatic heterocycles. The van der Waals surface area contributed by atoms with E-state index in [1.807, 2.05) is 12.1 Å². The molecule has 1 aromatic rings. The van der Waals surface area contributed by atoms with Gasteiger partial charge in [0.15, 0.2) is 11.5 Å². The minimum Gasteiger partial charge on any atom is -0.493 e. The number of unbranched alkanes of at least 4 members (excludes halogenated alkanes) is 1. The lowest BCUT2D eigenvalue weighted by Gasteiger charge is -2.17. The first-order chi connectivity index (χ1) is 8.26. The Bertz CT molecular complexity index is 339. The fraction of sp³-hybridized carbons (Fsp3) is 0.571. The van der Waals surface area contributed by atoms with Gasteiger partial charge in [0.05, 0.1) is 14.2 Å². The van der Waals surface area contributed by atoms with Gasteiger partial charge in [-0.05, 0) is 36.6 Å². The summed E-state index contributed by atoms with van der Waals surface area (Å²) >= 11 is 0. The van der Waals surface area contributed by atoms with E-state index < -0.39 is 0 Å². The molecule has 17 heavy (non-hydrogen) atoms. The largest absolute Gasteiger partial charge is 0.493 e. The highest BCUT2D eigenvalue weighted by Crippen LogP contribution is 2.31. The topological polar surface area (TPSA) is 44.5 Å². The molecule has 0 unspecified atom stereocenters. The van der Waals surface area contributed by atoms with Crippen molar-refractivity contribution in [3.05, 3.63) is 23.8 Å². The van der Waals surface area contributed by atoms with Crippen molar-refractivity contribution in [2.45, 2.75) is 32.1 Å². The lowest BCUT2D eigenvalue weighted by atomic mass is 9.93. The fourth-order valence-corrected chi connectivity index (χ4v) is 1.98. The number of methoxy groups -OCH3 is 2. The van der Waals surface area contributed by atoms with Crippen LogP contribution in [0.2, 0.25) is 0 Å². The highest BCUT2D eigenvalue weighted by molar-refractivity contribution is 5.44. The molecular weight excluding hydrogens is 214 g/mol. The molecule has 0 saturated carbocycles. The molecule has 1 rings (SSSR count). The third-order valence-electron chi connectivity index (χ3n) is 3.07. The Hall–Kier alpha value is -1.22. The van der Waals surface area contributed by atoms with Gasteiger partial charge in [-0.2, -0.15) is 0 Å². The zero-order chi connectivity index (χ0) is 12.7. The summed E-state index contributed by atoms with van der Waals surface area (Å²) in [5, 5.41) is 0. The molecule has 2 N–H and O–H groups in total. The Morgan fingerprint density at radius 3 is 2.41 bits per heavy atom. The van der Waals surface area contributed by atoms with Gasteiger partial charge in [0.2, 0.25) is 0 Å².